The van der Waals surface area contributed by atoms with Crippen LogP contribution >= 0.6 is 11.3 Å². The number of benzene rings is 2. The fraction of sp³-hybridized carbons (Fsp3) is 0.360. The zero-order chi connectivity index (χ0) is 23.9. The van der Waals surface area contributed by atoms with Crippen molar-refractivity contribution in [2.45, 2.75) is 25.4 Å². The number of nitrogens with zero attached hydrogens (tertiary/aromatic N) is 2. The number of piperidine rings is 1. The molecule has 2 aromatic carbocycles. The first kappa shape index (κ1) is 23.8. The van der Waals surface area contributed by atoms with Crippen LogP contribution < -0.4 is 24.8 Å². The number of carbonyl (C=O) groups is 1. The van der Waals surface area contributed by atoms with Crippen LogP contribution in [-0.2, 0) is 6.54 Å². The van der Waals surface area contributed by atoms with E-state index in [-0.39, 0.29) is 5.91 Å². The highest BCUT2D eigenvalue weighted by Crippen LogP contribution is 2.40. The van der Waals surface area contributed by atoms with Gasteiger partial charge in [0.2, 0.25) is 5.75 Å². The standard InChI is InChI=1S/C25H30N4O4S/c1-31-21-13-19(14-22(32-2)23(21)33-3)26-24(30)20-16-34-25(28-20)27-18-9-11-29(12-10-18)15-17-7-5-4-6-8-17/h4-8,13-14,16,18H,9-12,15H2,1-3H3,(H,26,30)(H,27,28). The van der Waals surface area contributed by atoms with Gasteiger partial charge in [-0.15, -0.1) is 11.3 Å². The van der Waals surface area contributed by atoms with Crippen molar-refractivity contribution in [1.82, 2.24) is 9.88 Å². The fourth-order valence-electron chi connectivity index (χ4n) is 4.04. The number of rotatable bonds is 9. The highest BCUT2D eigenvalue weighted by molar-refractivity contribution is 7.13. The van der Waals surface area contributed by atoms with Gasteiger partial charge in [-0.25, -0.2) is 4.98 Å². The second-order valence-electron chi connectivity index (χ2n) is 8.09. The molecule has 9 heteroatoms. The molecule has 0 radical (unpaired) electrons. The van der Waals surface area contributed by atoms with Crippen LogP contribution in [0.25, 0.3) is 0 Å². The van der Waals surface area contributed by atoms with E-state index < -0.39 is 0 Å². The van der Waals surface area contributed by atoms with E-state index >= 15 is 0 Å². The molecular formula is C25H30N4O4S. The molecule has 2 N–H and O–H groups in total. The molecule has 1 aliphatic heterocycles. The Morgan fingerprint density at radius 3 is 2.35 bits per heavy atom. The number of hydrogen-bond donors (Lipinski definition) is 2. The highest BCUT2D eigenvalue weighted by atomic mass is 32.1. The lowest BCUT2D eigenvalue weighted by atomic mass is 10.0. The molecule has 180 valence electrons. The number of ether oxygens (including phenoxy) is 3. The lowest BCUT2D eigenvalue weighted by molar-refractivity contribution is 0.102. The summed E-state index contributed by atoms with van der Waals surface area (Å²) in [5, 5.41) is 8.89. The van der Waals surface area contributed by atoms with Crippen LogP contribution in [-0.4, -0.2) is 56.3 Å². The van der Waals surface area contributed by atoms with Crippen LogP contribution in [0.4, 0.5) is 10.8 Å². The fourth-order valence-corrected chi connectivity index (χ4v) is 4.81. The second kappa shape index (κ2) is 11.2. The number of methoxy groups -OCH3 is 3. The Morgan fingerprint density at radius 1 is 1.06 bits per heavy atom. The van der Waals surface area contributed by atoms with Gasteiger partial charge in [-0.3, -0.25) is 9.69 Å². The van der Waals surface area contributed by atoms with Gasteiger partial charge in [-0.05, 0) is 18.4 Å². The molecule has 8 nitrogen and oxygen atoms in total. The summed E-state index contributed by atoms with van der Waals surface area (Å²) in [5.74, 6) is 1.11. The van der Waals surface area contributed by atoms with E-state index in [1.165, 1.54) is 38.2 Å². The van der Waals surface area contributed by atoms with E-state index in [9.17, 15) is 4.79 Å². The lowest BCUT2D eigenvalue weighted by Gasteiger charge is -2.32. The molecule has 0 unspecified atom stereocenters. The van der Waals surface area contributed by atoms with Crippen LogP contribution in [0.1, 0.15) is 28.9 Å². The zero-order valence-corrected chi connectivity index (χ0v) is 20.5. The summed E-state index contributed by atoms with van der Waals surface area (Å²) in [6, 6.07) is 14.3. The molecule has 3 aromatic rings. The third-order valence-corrected chi connectivity index (χ3v) is 6.60. The number of anilines is 2. The van der Waals surface area contributed by atoms with Crippen molar-refractivity contribution in [3.8, 4) is 17.2 Å². The minimum absolute atomic E-state index is 0.295. The molecule has 1 saturated heterocycles. The van der Waals surface area contributed by atoms with E-state index in [4.69, 9.17) is 14.2 Å². The molecule has 1 aromatic heterocycles. The molecule has 1 aliphatic rings. The van der Waals surface area contributed by atoms with Crippen molar-refractivity contribution in [2.24, 2.45) is 0 Å². The summed E-state index contributed by atoms with van der Waals surface area (Å²) in [7, 11) is 4.61. The molecule has 4 rings (SSSR count). The Morgan fingerprint density at radius 2 is 1.74 bits per heavy atom. The van der Waals surface area contributed by atoms with Crippen molar-refractivity contribution in [2.75, 3.05) is 45.1 Å². The van der Waals surface area contributed by atoms with Gasteiger partial charge in [-0.2, -0.15) is 0 Å². The average molecular weight is 483 g/mol. The van der Waals surface area contributed by atoms with Crippen LogP contribution in [0.2, 0.25) is 0 Å². The Labute approximate surface area is 203 Å². The van der Waals surface area contributed by atoms with E-state index in [2.05, 4.69) is 44.8 Å². The molecule has 0 bridgehead atoms. The van der Waals surface area contributed by atoms with Crippen molar-refractivity contribution in [1.29, 1.82) is 0 Å². The second-order valence-corrected chi connectivity index (χ2v) is 8.94. The summed E-state index contributed by atoms with van der Waals surface area (Å²) in [5.41, 5.74) is 2.24. The third-order valence-electron chi connectivity index (χ3n) is 5.82. The van der Waals surface area contributed by atoms with Gasteiger partial charge >= 0.3 is 0 Å². The number of aromatic nitrogens is 1. The first-order valence-corrected chi connectivity index (χ1v) is 12.1. The van der Waals surface area contributed by atoms with E-state index in [0.717, 1.165) is 37.6 Å². The first-order chi connectivity index (χ1) is 16.6. The number of nitrogens with one attached hydrogen (secondary N) is 2. The normalized spacial score (nSPS) is 14.4. The maximum Gasteiger partial charge on any atom is 0.275 e. The predicted molar refractivity (Wildman–Crippen MR) is 135 cm³/mol. The molecular weight excluding hydrogens is 452 g/mol. The highest BCUT2D eigenvalue weighted by Gasteiger charge is 2.21. The molecule has 0 atom stereocenters. The topological polar surface area (TPSA) is 85.0 Å². The third kappa shape index (κ3) is 5.78. The van der Waals surface area contributed by atoms with Crippen molar-refractivity contribution < 1.29 is 19.0 Å². The monoisotopic (exact) mass is 482 g/mol. The first-order valence-electron chi connectivity index (χ1n) is 11.2. The van der Waals surface area contributed by atoms with Crippen molar-refractivity contribution >= 4 is 28.1 Å². The lowest BCUT2D eigenvalue weighted by Crippen LogP contribution is -2.38. The van der Waals surface area contributed by atoms with Crippen LogP contribution in [0.5, 0.6) is 17.2 Å². The Balaban J connectivity index is 1.32. The SMILES string of the molecule is COc1cc(NC(=O)c2csc(NC3CCN(Cc4ccccc4)CC3)n2)cc(OC)c1OC. The average Bonchev–Trinajstić information content (AvgIpc) is 3.34. The minimum Gasteiger partial charge on any atom is -0.493 e. The quantitative estimate of drug-likeness (QED) is 0.465. The minimum atomic E-state index is -0.295. The smallest absolute Gasteiger partial charge is 0.275 e. The van der Waals surface area contributed by atoms with Gasteiger partial charge in [-0.1, -0.05) is 30.3 Å². The number of amides is 1. The summed E-state index contributed by atoms with van der Waals surface area (Å²) in [6.45, 7) is 3.05. The Kier molecular flexibility index (Phi) is 7.87. The molecule has 34 heavy (non-hydrogen) atoms. The summed E-state index contributed by atoms with van der Waals surface area (Å²) in [6.07, 6.45) is 2.08. The number of likely N-dealkylation sites (tertiary alicyclic amines) is 1. The maximum absolute atomic E-state index is 12.8. The molecule has 0 spiro atoms. The van der Waals surface area contributed by atoms with Crippen molar-refractivity contribution in [3.05, 3.63) is 59.1 Å². The Hall–Kier alpha value is -3.30. The van der Waals surface area contributed by atoms with Gasteiger partial charge in [0.05, 0.1) is 21.3 Å². The number of carbonyl (C=O) groups excluding carboxylic acids is 1. The van der Waals surface area contributed by atoms with Gasteiger partial charge in [0, 0.05) is 48.9 Å². The summed E-state index contributed by atoms with van der Waals surface area (Å²) in [4.78, 5) is 19.8. The molecule has 1 fully saturated rings. The molecule has 1 amide bonds. The summed E-state index contributed by atoms with van der Waals surface area (Å²) < 4.78 is 16.0. The van der Waals surface area contributed by atoms with Gasteiger partial charge in [0.1, 0.15) is 5.69 Å². The molecule has 0 saturated carbocycles. The van der Waals surface area contributed by atoms with Gasteiger partial charge < -0.3 is 24.8 Å². The number of thiazole rings is 1. The van der Waals surface area contributed by atoms with Gasteiger partial charge in [0.25, 0.3) is 5.91 Å². The van der Waals surface area contributed by atoms with E-state index in [0.29, 0.717) is 34.7 Å². The van der Waals surface area contributed by atoms with E-state index in [1.54, 1.807) is 17.5 Å². The predicted octanol–water partition coefficient (Wildman–Crippen LogP) is 4.50. The molecule has 0 aliphatic carbocycles. The van der Waals surface area contributed by atoms with E-state index in [1.807, 2.05) is 6.07 Å². The van der Waals surface area contributed by atoms with Crippen LogP contribution in [0, 0.1) is 0 Å². The van der Waals surface area contributed by atoms with Crippen molar-refractivity contribution in [3.63, 3.8) is 0 Å². The summed E-state index contributed by atoms with van der Waals surface area (Å²) >= 11 is 1.44. The van der Waals surface area contributed by atoms with Gasteiger partial charge in [0.15, 0.2) is 16.6 Å². The Bertz CT molecular complexity index is 1070. The van der Waals surface area contributed by atoms with Crippen LogP contribution in [0.3, 0.4) is 0 Å². The molecule has 2 heterocycles. The number of hydrogen-bond acceptors (Lipinski definition) is 8. The maximum atomic E-state index is 12.8. The van der Waals surface area contributed by atoms with Crippen LogP contribution in [0.15, 0.2) is 47.8 Å². The zero-order valence-electron chi connectivity index (χ0n) is 19.7. The largest absolute Gasteiger partial charge is 0.493 e.